The Morgan fingerprint density at radius 2 is 1.89 bits per heavy atom. The summed E-state index contributed by atoms with van der Waals surface area (Å²) < 4.78 is 12.7. The first-order valence-corrected chi connectivity index (χ1v) is 3.93. The van der Waals surface area contributed by atoms with Gasteiger partial charge >= 0.3 is 0 Å². The van der Waals surface area contributed by atoms with Gasteiger partial charge in [0.25, 0.3) is 0 Å². The van der Waals surface area contributed by atoms with Crippen molar-refractivity contribution < 1.29 is 4.39 Å². The van der Waals surface area contributed by atoms with Crippen molar-refractivity contribution in [1.29, 1.82) is 0 Å². The van der Waals surface area contributed by atoms with E-state index in [0.717, 1.165) is 19.3 Å². The van der Waals surface area contributed by atoms with Gasteiger partial charge in [-0.3, -0.25) is 0 Å². The van der Waals surface area contributed by atoms with Gasteiger partial charge in [-0.1, -0.05) is 26.2 Å². The van der Waals surface area contributed by atoms with E-state index in [4.69, 9.17) is 0 Å². The second kappa shape index (κ2) is 3.19. The van der Waals surface area contributed by atoms with Crippen molar-refractivity contribution in [3.05, 3.63) is 0 Å². The average molecular weight is 130 g/mol. The number of halogens is 1. The van der Waals surface area contributed by atoms with E-state index < -0.39 is 6.17 Å². The van der Waals surface area contributed by atoms with Crippen LogP contribution in [-0.4, -0.2) is 6.17 Å². The fourth-order valence-corrected chi connectivity index (χ4v) is 1.53. The van der Waals surface area contributed by atoms with Gasteiger partial charge in [0.2, 0.25) is 0 Å². The van der Waals surface area contributed by atoms with Crippen LogP contribution in [0.5, 0.6) is 0 Å². The highest BCUT2D eigenvalue weighted by molar-refractivity contribution is 4.66. The van der Waals surface area contributed by atoms with E-state index >= 15 is 0 Å². The second-order valence-electron chi connectivity index (χ2n) is 3.22. The zero-order chi connectivity index (χ0) is 6.69. The molecule has 54 valence electrons. The molecule has 1 aliphatic rings. The first kappa shape index (κ1) is 7.04. The molecule has 0 saturated heterocycles. The number of rotatable bonds is 0. The lowest BCUT2D eigenvalue weighted by molar-refractivity contribution is 0.275. The maximum Gasteiger partial charge on any atom is 0.100 e. The first-order valence-electron chi connectivity index (χ1n) is 3.93. The summed E-state index contributed by atoms with van der Waals surface area (Å²) >= 11 is 0. The van der Waals surface area contributed by atoms with Gasteiger partial charge in [-0.05, 0) is 18.8 Å². The summed E-state index contributed by atoms with van der Waals surface area (Å²) in [5.74, 6) is 0.627. The molecule has 1 saturated carbocycles. The van der Waals surface area contributed by atoms with Crippen molar-refractivity contribution >= 4 is 0 Å². The molecule has 1 heteroatoms. The van der Waals surface area contributed by atoms with Crippen LogP contribution in [0, 0.1) is 5.92 Å². The monoisotopic (exact) mass is 130 g/mol. The Morgan fingerprint density at radius 1 is 1.22 bits per heavy atom. The van der Waals surface area contributed by atoms with Crippen LogP contribution in [0.1, 0.15) is 39.0 Å². The molecule has 9 heavy (non-hydrogen) atoms. The van der Waals surface area contributed by atoms with E-state index in [9.17, 15) is 4.39 Å². The summed E-state index contributed by atoms with van der Waals surface area (Å²) in [5.41, 5.74) is 0. The van der Waals surface area contributed by atoms with Crippen LogP contribution in [0.25, 0.3) is 0 Å². The molecule has 0 aliphatic heterocycles. The molecule has 1 aliphatic carbocycles. The topological polar surface area (TPSA) is 0 Å². The Balaban J connectivity index is 2.29. The molecule has 1 rings (SSSR count). The van der Waals surface area contributed by atoms with Crippen LogP contribution >= 0.6 is 0 Å². The Kier molecular flexibility index (Phi) is 2.49. The average Bonchev–Trinajstić information content (AvgIpc) is 1.93. The molecule has 2 unspecified atom stereocenters. The Hall–Kier alpha value is -0.0700. The zero-order valence-electron chi connectivity index (χ0n) is 6.07. The summed E-state index contributed by atoms with van der Waals surface area (Å²) in [6, 6.07) is 0. The van der Waals surface area contributed by atoms with Gasteiger partial charge in [0.1, 0.15) is 6.17 Å². The van der Waals surface area contributed by atoms with Crippen LogP contribution in [0.2, 0.25) is 0 Å². The lowest BCUT2D eigenvalue weighted by Crippen LogP contribution is -2.01. The fraction of sp³-hybridized carbons (Fsp3) is 1.00. The molecule has 0 heterocycles. The second-order valence-corrected chi connectivity index (χ2v) is 3.22. The SMILES string of the molecule is CC1CCCCC(F)C1. The number of alkyl halides is 1. The predicted octanol–water partition coefficient (Wildman–Crippen LogP) is 2.92. The van der Waals surface area contributed by atoms with Gasteiger partial charge in [-0.15, -0.1) is 0 Å². The summed E-state index contributed by atoms with van der Waals surface area (Å²) in [6.45, 7) is 2.15. The molecular formula is C8H15F. The molecule has 0 aromatic heterocycles. The van der Waals surface area contributed by atoms with Crippen molar-refractivity contribution in [2.24, 2.45) is 5.92 Å². The summed E-state index contributed by atoms with van der Waals surface area (Å²) in [4.78, 5) is 0. The van der Waals surface area contributed by atoms with Gasteiger partial charge in [0.05, 0.1) is 0 Å². The van der Waals surface area contributed by atoms with Crippen molar-refractivity contribution in [3.8, 4) is 0 Å². The third-order valence-electron chi connectivity index (χ3n) is 2.12. The van der Waals surface area contributed by atoms with Crippen LogP contribution < -0.4 is 0 Å². The lowest BCUT2D eigenvalue weighted by atomic mass is 10.0. The van der Waals surface area contributed by atoms with Gasteiger partial charge < -0.3 is 0 Å². The largest absolute Gasteiger partial charge is 0.247 e. The van der Waals surface area contributed by atoms with E-state index in [-0.39, 0.29) is 0 Å². The standard InChI is InChI=1S/C8H15F/c1-7-4-2-3-5-8(9)6-7/h7-8H,2-6H2,1H3. The highest BCUT2D eigenvalue weighted by Crippen LogP contribution is 2.24. The molecule has 0 aromatic rings. The number of hydrogen-bond donors (Lipinski definition) is 0. The van der Waals surface area contributed by atoms with E-state index in [0.29, 0.717) is 5.92 Å². The molecule has 0 nitrogen and oxygen atoms in total. The van der Waals surface area contributed by atoms with Crippen molar-refractivity contribution in [2.45, 2.75) is 45.2 Å². The van der Waals surface area contributed by atoms with Gasteiger partial charge in [-0.2, -0.15) is 0 Å². The third-order valence-corrected chi connectivity index (χ3v) is 2.12. The zero-order valence-corrected chi connectivity index (χ0v) is 6.07. The Morgan fingerprint density at radius 3 is 2.67 bits per heavy atom. The minimum absolute atomic E-state index is 0.498. The van der Waals surface area contributed by atoms with Crippen LogP contribution in [-0.2, 0) is 0 Å². The minimum atomic E-state index is -0.498. The molecule has 0 spiro atoms. The maximum absolute atomic E-state index is 12.7. The summed E-state index contributed by atoms with van der Waals surface area (Å²) in [7, 11) is 0. The molecular weight excluding hydrogens is 115 g/mol. The Bertz CT molecular complexity index is 70.6. The highest BCUT2D eigenvalue weighted by Gasteiger charge is 2.15. The predicted molar refractivity (Wildman–Crippen MR) is 37.1 cm³/mol. The molecule has 0 amide bonds. The normalized spacial score (nSPS) is 38.0. The van der Waals surface area contributed by atoms with E-state index in [1.807, 2.05) is 0 Å². The van der Waals surface area contributed by atoms with Crippen LogP contribution in [0.3, 0.4) is 0 Å². The highest BCUT2D eigenvalue weighted by atomic mass is 19.1. The molecule has 0 radical (unpaired) electrons. The Labute approximate surface area is 56.5 Å². The third kappa shape index (κ3) is 2.33. The van der Waals surface area contributed by atoms with Crippen LogP contribution in [0.4, 0.5) is 4.39 Å². The summed E-state index contributed by atoms with van der Waals surface area (Å²) in [5, 5.41) is 0. The van der Waals surface area contributed by atoms with E-state index in [1.165, 1.54) is 12.8 Å². The molecule has 1 fully saturated rings. The molecule has 0 bridgehead atoms. The molecule has 2 atom stereocenters. The van der Waals surface area contributed by atoms with Crippen molar-refractivity contribution in [3.63, 3.8) is 0 Å². The number of hydrogen-bond acceptors (Lipinski definition) is 0. The fourth-order valence-electron chi connectivity index (χ4n) is 1.53. The summed E-state index contributed by atoms with van der Waals surface area (Å²) in [6.07, 6.45) is 4.69. The molecule has 0 N–H and O–H groups in total. The first-order chi connectivity index (χ1) is 4.29. The molecule has 0 aromatic carbocycles. The van der Waals surface area contributed by atoms with Crippen molar-refractivity contribution in [2.75, 3.05) is 0 Å². The van der Waals surface area contributed by atoms with E-state index in [2.05, 4.69) is 6.92 Å². The minimum Gasteiger partial charge on any atom is -0.247 e. The van der Waals surface area contributed by atoms with E-state index in [1.54, 1.807) is 0 Å². The maximum atomic E-state index is 12.7. The smallest absolute Gasteiger partial charge is 0.100 e. The lowest BCUT2D eigenvalue weighted by Gasteiger charge is -2.06. The van der Waals surface area contributed by atoms with Crippen molar-refractivity contribution in [1.82, 2.24) is 0 Å². The van der Waals surface area contributed by atoms with Gasteiger partial charge in [-0.25, -0.2) is 4.39 Å². The van der Waals surface area contributed by atoms with Crippen LogP contribution in [0.15, 0.2) is 0 Å². The van der Waals surface area contributed by atoms with Gasteiger partial charge in [0, 0.05) is 0 Å². The van der Waals surface area contributed by atoms with Gasteiger partial charge in [0.15, 0.2) is 0 Å². The quantitative estimate of drug-likeness (QED) is 0.442.